The molecule has 72 valence electrons. The van der Waals surface area contributed by atoms with Crippen LogP contribution in [-0.2, 0) is 4.79 Å². The first kappa shape index (κ1) is 8.02. The molecule has 1 spiro atoms. The standard InChI is InChI=1S/C12H18O/c1-8-2-3-10-11(13)6-9-4-5-12(8,10)7-9/h8-10H,2-7H2,1H3. The number of ketones is 1. The maximum atomic E-state index is 11.9. The lowest BCUT2D eigenvalue weighted by molar-refractivity contribution is -0.129. The monoisotopic (exact) mass is 178 g/mol. The van der Waals surface area contributed by atoms with Gasteiger partial charge in [0, 0.05) is 12.3 Å². The fraction of sp³-hybridized carbons (Fsp3) is 0.917. The topological polar surface area (TPSA) is 17.1 Å². The van der Waals surface area contributed by atoms with Crippen LogP contribution in [0.1, 0.15) is 45.4 Å². The van der Waals surface area contributed by atoms with Gasteiger partial charge < -0.3 is 0 Å². The molecule has 0 aromatic carbocycles. The van der Waals surface area contributed by atoms with E-state index in [2.05, 4.69) is 6.92 Å². The molecule has 3 fully saturated rings. The summed E-state index contributed by atoms with van der Waals surface area (Å²) < 4.78 is 0. The van der Waals surface area contributed by atoms with E-state index in [9.17, 15) is 4.79 Å². The number of Topliss-reactive ketones (excluding diaryl/α,β-unsaturated/α-hetero) is 1. The fourth-order valence-electron chi connectivity index (χ4n) is 4.40. The Balaban J connectivity index is 2.03. The van der Waals surface area contributed by atoms with E-state index >= 15 is 0 Å². The van der Waals surface area contributed by atoms with Crippen LogP contribution in [0.15, 0.2) is 0 Å². The molecule has 4 unspecified atom stereocenters. The predicted octanol–water partition coefficient (Wildman–Crippen LogP) is 2.79. The number of fused-ring (bicyclic) bond motifs is 1. The highest BCUT2D eigenvalue weighted by Gasteiger charge is 2.57. The van der Waals surface area contributed by atoms with Crippen molar-refractivity contribution in [2.45, 2.75) is 45.4 Å². The van der Waals surface area contributed by atoms with Crippen molar-refractivity contribution in [3.63, 3.8) is 0 Å². The Labute approximate surface area is 79.9 Å². The molecule has 0 aromatic rings. The van der Waals surface area contributed by atoms with E-state index < -0.39 is 0 Å². The van der Waals surface area contributed by atoms with Crippen LogP contribution >= 0.6 is 0 Å². The summed E-state index contributed by atoms with van der Waals surface area (Å²) in [5, 5.41) is 0. The smallest absolute Gasteiger partial charge is 0.136 e. The number of carbonyl (C=O) groups excluding carboxylic acids is 1. The van der Waals surface area contributed by atoms with Crippen molar-refractivity contribution in [2.24, 2.45) is 23.2 Å². The molecule has 3 rings (SSSR count). The summed E-state index contributed by atoms with van der Waals surface area (Å²) in [7, 11) is 0. The second-order valence-electron chi connectivity index (χ2n) is 5.54. The Morgan fingerprint density at radius 3 is 3.00 bits per heavy atom. The highest BCUT2D eigenvalue weighted by atomic mass is 16.1. The van der Waals surface area contributed by atoms with Gasteiger partial charge in [0.05, 0.1) is 0 Å². The van der Waals surface area contributed by atoms with Crippen molar-refractivity contribution in [1.82, 2.24) is 0 Å². The van der Waals surface area contributed by atoms with Crippen LogP contribution in [0.25, 0.3) is 0 Å². The Morgan fingerprint density at radius 2 is 2.15 bits per heavy atom. The van der Waals surface area contributed by atoms with E-state index in [1.165, 1.54) is 32.1 Å². The Kier molecular flexibility index (Phi) is 1.46. The molecule has 0 aliphatic heterocycles. The predicted molar refractivity (Wildman–Crippen MR) is 51.3 cm³/mol. The van der Waals surface area contributed by atoms with Crippen LogP contribution in [0, 0.1) is 23.2 Å². The summed E-state index contributed by atoms with van der Waals surface area (Å²) >= 11 is 0. The van der Waals surface area contributed by atoms with Crippen LogP contribution in [0.5, 0.6) is 0 Å². The third kappa shape index (κ3) is 0.858. The lowest BCUT2D eigenvalue weighted by Crippen LogP contribution is -2.36. The van der Waals surface area contributed by atoms with Gasteiger partial charge in [-0.2, -0.15) is 0 Å². The van der Waals surface area contributed by atoms with Crippen molar-refractivity contribution in [2.75, 3.05) is 0 Å². The third-order valence-electron chi connectivity index (χ3n) is 5.13. The van der Waals surface area contributed by atoms with Gasteiger partial charge in [0.25, 0.3) is 0 Å². The average Bonchev–Trinajstić information content (AvgIpc) is 2.59. The zero-order chi connectivity index (χ0) is 9.05. The number of rotatable bonds is 0. The van der Waals surface area contributed by atoms with Gasteiger partial charge in [0.2, 0.25) is 0 Å². The molecule has 3 saturated carbocycles. The van der Waals surface area contributed by atoms with Crippen LogP contribution < -0.4 is 0 Å². The molecule has 0 aromatic heterocycles. The largest absolute Gasteiger partial charge is 0.299 e. The molecule has 0 heterocycles. The van der Waals surface area contributed by atoms with E-state index in [-0.39, 0.29) is 0 Å². The molecule has 3 aliphatic carbocycles. The average molecular weight is 178 g/mol. The van der Waals surface area contributed by atoms with Crippen molar-refractivity contribution in [3.05, 3.63) is 0 Å². The first-order valence-electron chi connectivity index (χ1n) is 5.75. The SMILES string of the molecule is CC1CCC2C(=O)CC3CCC12C3. The highest BCUT2D eigenvalue weighted by molar-refractivity contribution is 5.83. The second kappa shape index (κ2) is 2.37. The van der Waals surface area contributed by atoms with Gasteiger partial charge in [0.15, 0.2) is 0 Å². The van der Waals surface area contributed by atoms with E-state index in [1.807, 2.05) is 0 Å². The van der Waals surface area contributed by atoms with Crippen LogP contribution in [0.2, 0.25) is 0 Å². The molecular weight excluding hydrogens is 160 g/mol. The molecule has 0 amide bonds. The first-order chi connectivity index (χ1) is 6.22. The minimum atomic E-state index is 0.473. The van der Waals surface area contributed by atoms with E-state index in [0.717, 1.165) is 18.3 Å². The lowest BCUT2D eigenvalue weighted by atomic mass is 9.65. The highest BCUT2D eigenvalue weighted by Crippen LogP contribution is 2.63. The van der Waals surface area contributed by atoms with Gasteiger partial charge in [0.1, 0.15) is 5.78 Å². The normalized spacial score (nSPS) is 53.9. The zero-order valence-electron chi connectivity index (χ0n) is 8.38. The summed E-state index contributed by atoms with van der Waals surface area (Å²) in [6, 6.07) is 0. The summed E-state index contributed by atoms with van der Waals surface area (Å²) in [5.41, 5.74) is 0.486. The van der Waals surface area contributed by atoms with Gasteiger partial charge in [-0.3, -0.25) is 4.79 Å². The van der Waals surface area contributed by atoms with Gasteiger partial charge in [-0.15, -0.1) is 0 Å². The minimum Gasteiger partial charge on any atom is -0.299 e. The van der Waals surface area contributed by atoms with Crippen molar-refractivity contribution >= 4 is 5.78 Å². The maximum absolute atomic E-state index is 11.9. The Morgan fingerprint density at radius 1 is 1.31 bits per heavy atom. The summed E-state index contributed by atoms with van der Waals surface area (Å²) in [6.45, 7) is 2.38. The third-order valence-corrected chi connectivity index (χ3v) is 5.13. The molecular formula is C12H18O. The summed E-state index contributed by atoms with van der Waals surface area (Å²) in [4.78, 5) is 11.9. The maximum Gasteiger partial charge on any atom is 0.136 e. The Bertz CT molecular complexity index is 258. The number of hydrogen-bond donors (Lipinski definition) is 0. The fourth-order valence-corrected chi connectivity index (χ4v) is 4.40. The molecule has 13 heavy (non-hydrogen) atoms. The molecule has 1 heteroatoms. The summed E-state index contributed by atoms with van der Waals surface area (Å²) in [5.74, 6) is 2.68. The van der Waals surface area contributed by atoms with Gasteiger partial charge in [-0.05, 0) is 49.4 Å². The van der Waals surface area contributed by atoms with Crippen LogP contribution in [-0.4, -0.2) is 5.78 Å². The summed E-state index contributed by atoms with van der Waals surface area (Å²) in [6.07, 6.45) is 7.50. The molecule has 0 radical (unpaired) electrons. The number of carbonyl (C=O) groups is 1. The quantitative estimate of drug-likeness (QED) is 0.557. The van der Waals surface area contributed by atoms with Gasteiger partial charge in [-0.1, -0.05) is 6.92 Å². The molecule has 0 N–H and O–H groups in total. The molecule has 4 atom stereocenters. The van der Waals surface area contributed by atoms with Gasteiger partial charge >= 0.3 is 0 Å². The van der Waals surface area contributed by atoms with E-state index in [0.29, 0.717) is 17.1 Å². The molecule has 2 bridgehead atoms. The van der Waals surface area contributed by atoms with Crippen molar-refractivity contribution in [3.8, 4) is 0 Å². The molecule has 3 aliphatic rings. The van der Waals surface area contributed by atoms with E-state index in [1.54, 1.807) is 0 Å². The minimum absolute atomic E-state index is 0.473. The zero-order valence-corrected chi connectivity index (χ0v) is 8.38. The number of hydrogen-bond acceptors (Lipinski definition) is 1. The first-order valence-corrected chi connectivity index (χ1v) is 5.75. The van der Waals surface area contributed by atoms with Crippen LogP contribution in [0.3, 0.4) is 0 Å². The molecule has 0 saturated heterocycles. The van der Waals surface area contributed by atoms with Crippen molar-refractivity contribution in [1.29, 1.82) is 0 Å². The molecule has 1 nitrogen and oxygen atoms in total. The van der Waals surface area contributed by atoms with E-state index in [4.69, 9.17) is 0 Å². The lowest BCUT2D eigenvalue weighted by Gasteiger charge is -2.38. The van der Waals surface area contributed by atoms with Crippen LogP contribution in [0.4, 0.5) is 0 Å². The van der Waals surface area contributed by atoms with Crippen molar-refractivity contribution < 1.29 is 4.79 Å². The van der Waals surface area contributed by atoms with Gasteiger partial charge in [-0.25, -0.2) is 0 Å². The second-order valence-corrected chi connectivity index (χ2v) is 5.54. The Hall–Kier alpha value is -0.330.